The summed E-state index contributed by atoms with van der Waals surface area (Å²) in [5.74, 6) is 0.314. The van der Waals surface area contributed by atoms with E-state index in [-0.39, 0.29) is 12.5 Å². The van der Waals surface area contributed by atoms with Crippen LogP contribution in [0.4, 0.5) is 0 Å². The Balaban J connectivity index is 2.26. The molecule has 0 aliphatic heterocycles. The van der Waals surface area contributed by atoms with Gasteiger partial charge < -0.3 is 4.74 Å². The predicted molar refractivity (Wildman–Crippen MR) is 68.5 cm³/mol. The molecule has 0 saturated carbocycles. The quantitative estimate of drug-likeness (QED) is 0.627. The van der Waals surface area contributed by atoms with Gasteiger partial charge in [0.15, 0.2) is 6.61 Å². The molecule has 0 spiro atoms. The minimum atomic E-state index is -0.285. The van der Waals surface area contributed by atoms with Crippen LogP contribution in [0.25, 0.3) is 0 Å². The lowest BCUT2D eigenvalue weighted by Crippen LogP contribution is -2.24. The number of hydrazone groups is 1. The minimum absolute atomic E-state index is 0.0644. The van der Waals surface area contributed by atoms with Gasteiger partial charge in [-0.2, -0.15) is 5.10 Å². The molecule has 0 fully saturated rings. The van der Waals surface area contributed by atoms with E-state index in [1.165, 1.54) is 0 Å². The average Bonchev–Trinajstić information content (AvgIpc) is 2.34. The van der Waals surface area contributed by atoms with Crippen LogP contribution in [-0.2, 0) is 4.79 Å². The molecule has 17 heavy (non-hydrogen) atoms. The van der Waals surface area contributed by atoms with Gasteiger partial charge in [-0.05, 0) is 30.7 Å². The molecule has 0 aliphatic rings. The summed E-state index contributed by atoms with van der Waals surface area (Å²) in [6, 6.07) is 6.81. The average molecular weight is 255 g/mol. The largest absolute Gasteiger partial charge is 0.484 e. The first-order valence-corrected chi connectivity index (χ1v) is 5.79. The van der Waals surface area contributed by atoms with Gasteiger partial charge in [0.1, 0.15) is 5.75 Å². The number of hydrogen-bond donors (Lipinski definition) is 1. The third-order valence-corrected chi connectivity index (χ3v) is 2.13. The van der Waals surface area contributed by atoms with Crippen molar-refractivity contribution in [1.82, 2.24) is 5.43 Å². The molecule has 0 bridgehead atoms. The maximum atomic E-state index is 11.3. The number of rotatable bonds is 6. The Kier molecular flexibility index (Phi) is 6.10. The lowest BCUT2D eigenvalue weighted by atomic mass is 10.3. The van der Waals surface area contributed by atoms with Gasteiger partial charge in [-0.3, -0.25) is 4.79 Å². The van der Waals surface area contributed by atoms with E-state index in [9.17, 15) is 4.79 Å². The molecule has 5 heteroatoms. The zero-order chi connectivity index (χ0) is 12.5. The van der Waals surface area contributed by atoms with E-state index in [0.29, 0.717) is 10.8 Å². The molecule has 0 heterocycles. The Hall–Kier alpha value is -1.55. The standard InChI is InChI=1S/C12H15ClN2O2/c1-2-3-8-14-15-12(16)9-17-11-6-4-10(13)5-7-11/h4-8H,2-3,9H2,1H3,(H,15,16). The van der Waals surface area contributed by atoms with Crippen LogP contribution in [0.1, 0.15) is 19.8 Å². The highest BCUT2D eigenvalue weighted by molar-refractivity contribution is 6.30. The number of nitrogens with zero attached hydrogens (tertiary/aromatic N) is 1. The first-order valence-electron chi connectivity index (χ1n) is 5.41. The van der Waals surface area contributed by atoms with Crippen molar-refractivity contribution >= 4 is 23.7 Å². The number of halogens is 1. The molecule has 0 unspecified atom stereocenters. The van der Waals surface area contributed by atoms with Crippen LogP contribution in [0.15, 0.2) is 29.4 Å². The topological polar surface area (TPSA) is 50.7 Å². The SMILES string of the molecule is CCCC=NNC(=O)COc1ccc(Cl)cc1. The third-order valence-electron chi connectivity index (χ3n) is 1.88. The Morgan fingerprint density at radius 1 is 1.47 bits per heavy atom. The molecule has 0 atom stereocenters. The summed E-state index contributed by atoms with van der Waals surface area (Å²) in [5.41, 5.74) is 2.38. The lowest BCUT2D eigenvalue weighted by molar-refractivity contribution is -0.123. The molecule has 1 aromatic carbocycles. The predicted octanol–water partition coefficient (Wildman–Crippen LogP) is 2.62. The zero-order valence-corrected chi connectivity index (χ0v) is 10.4. The van der Waals surface area contributed by atoms with Gasteiger partial charge in [0, 0.05) is 11.2 Å². The van der Waals surface area contributed by atoms with Crippen LogP contribution >= 0.6 is 11.6 Å². The van der Waals surface area contributed by atoms with E-state index in [2.05, 4.69) is 10.5 Å². The van der Waals surface area contributed by atoms with Gasteiger partial charge in [0.2, 0.25) is 0 Å². The van der Waals surface area contributed by atoms with Gasteiger partial charge in [-0.15, -0.1) is 0 Å². The summed E-state index contributed by atoms with van der Waals surface area (Å²) in [6.45, 7) is 1.97. The van der Waals surface area contributed by atoms with E-state index >= 15 is 0 Å². The number of ether oxygens (including phenoxy) is 1. The van der Waals surface area contributed by atoms with Crippen molar-refractivity contribution in [2.45, 2.75) is 19.8 Å². The van der Waals surface area contributed by atoms with E-state index < -0.39 is 0 Å². The molecule has 1 rings (SSSR count). The van der Waals surface area contributed by atoms with Crippen LogP contribution in [0.5, 0.6) is 5.75 Å². The van der Waals surface area contributed by atoms with Crippen molar-refractivity contribution in [3.8, 4) is 5.75 Å². The summed E-state index contributed by atoms with van der Waals surface area (Å²) < 4.78 is 5.24. The highest BCUT2D eigenvalue weighted by Crippen LogP contribution is 2.15. The fourth-order valence-corrected chi connectivity index (χ4v) is 1.15. The Morgan fingerprint density at radius 3 is 2.82 bits per heavy atom. The van der Waals surface area contributed by atoms with Crippen LogP contribution < -0.4 is 10.2 Å². The molecule has 92 valence electrons. The number of carbonyl (C=O) groups is 1. The lowest BCUT2D eigenvalue weighted by Gasteiger charge is -2.04. The molecule has 1 aromatic rings. The number of unbranched alkanes of at least 4 members (excludes halogenated alkanes) is 1. The van der Waals surface area contributed by atoms with Gasteiger partial charge in [0.05, 0.1) is 0 Å². The van der Waals surface area contributed by atoms with Crippen molar-refractivity contribution in [3.63, 3.8) is 0 Å². The van der Waals surface area contributed by atoms with Gasteiger partial charge in [0.25, 0.3) is 5.91 Å². The van der Waals surface area contributed by atoms with E-state index in [0.717, 1.165) is 12.8 Å². The van der Waals surface area contributed by atoms with Gasteiger partial charge in [-0.1, -0.05) is 24.9 Å². The second-order valence-electron chi connectivity index (χ2n) is 3.38. The second-order valence-corrected chi connectivity index (χ2v) is 3.81. The molecule has 0 saturated heterocycles. The zero-order valence-electron chi connectivity index (χ0n) is 9.65. The number of amides is 1. The van der Waals surface area contributed by atoms with Crippen molar-refractivity contribution in [1.29, 1.82) is 0 Å². The van der Waals surface area contributed by atoms with E-state index in [1.807, 2.05) is 6.92 Å². The fourth-order valence-electron chi connectivity index (χ4n) is 1.02. The number of benzene rings is 1. The summed E-state index contributed by atoms with van der Waals surface area (Å²) >= 11 is 5.72. The maximum Gasteiger partial charge on any atom is 0.277 e. The smallest absolute Gasteiger partial charge is 0.277 e. The Morgan fingerprint density at radius 2 is 2.18 bits per heavy atom. The van der Waals surface area contributed by atoms with Crippen LogP contribution in [0.3, 0.4) is 0 Å². The van der Waals surface area contributed by atoms with Crippen LogP contribution in [0.2, 0.25) is 5.02 Å². The van der Waals surface area contributed by atoms with Crippen LogP contribution in [0, 0.1) is 0 Å². The molecule has 1 N–H and O–H groups in total. The normalized spacial score (nSPS) is 10.5. The Labute approximate surface area is 106 Å². The summed E-state index contributed by atoms with van der Waals surface area (Å²) in [7, 11) is 0. The molecule has 1 amide bonds. The first-order chi connectivity index (χ1) is 8.22. The van der Waals surface area contributed by atoms with Crippen molar-refractivity contribution in [3.05, 3.63) is 29.3 Å². The number of nitrogens with one attached hydrogen (secondary N) is 1. The molecular weight excluding hydrogens is 240 g/mol. The Bertz CT molecular complexity index is 377. The molecule has 0 aliphatic carbocycles. The van der Waals surface area contributed by atoms with Gasteiger partial charge in [-0.25, -0.2) is 5.43 Å². The summed E-state index contributed by atoms with van der Waals surface area (Å²) in [6.07, 6.45) is 3.51. The molecule has 4 nitrogen and oxygen atoms in total. The van der Waals surface area contributed by atoms with E-state index in [4.69, 9.17) is 16.3 Å². The highest BCUT2D eigenvalue weighted by atomic mass is 35.5. The summed E-state index contributed by atoms with van der Waals surface area (Å²) in [5, 5.41) is 4.39. The number of carbonyl (C=O) groups excluding carboxylic acids is 1. The maximum absolute atomic E-state index is 11.3. The van der Waals surface area contributed by atoms with E-state index in [1.54, 1.807) is 30.5 Å². The first kappa shape index (κ1) is 13.5. The van der Waals surface area contributed by atoms with Crippen molar-refractivity contribution in [2.75, 3.05) is 6.61 Å². The third kappa shape index (κ3) is 5.92. The number of hydrogen-bond acceptors (Lipinski definition) is 3. The molecule has 0 radical (unpaired) electrons. The van der Waals surface area contributed by atoms with Crippen molar-refractivity contribution in [2.24, 2.45) is 5.10 Å². The summed E-state index contributed by atoms with van der Waals surface area (Å²) in [4.78, 5) is 11.3. The van der Waals surface area contributed by atoms with Crippen LogP contribution in [-0.4, -0.2) is 18.7 Å². The van der Waals surface area contributed by atoms with Gasteiger partial charge >= 0.3 is 0 Å². The fraction of sp³-hybridized carbons (Fsp3) is 0.333. The highest BCUT2D eigenvalue weighted by Gasteiger charge is 2.00. The monoisotopic (exact) mass is 254 g/mol. The van der Waals surface area contributed by atoms with Crippen molar-refractivity contribution < 1.29 is 9.53 Å². The molecule has 0 aromatic heterocycles. The molecular formula is C12H15ClN2O2. The minimum Gasteiger partial charge on any atom is -0.484 e. The second kappa shape index (κ2) is 7.68.